The standard InChI is InChI=1S/C8H13NO4/c10-7(3-4-8(11)12)9-5-1-2-6-13-9/h1-6H2,(H,11,12). The molecular formula is C8H13NO4. The number of carbonyl (C=O) groups is 2. The van der Waals surface area contributed by atoms with E-state index in [0.717, 1.165) is 12.8 Å². The quantitative estimate of drug-likeness (QED) is 0.694. The molecule has 1 heterocycles. The zero-order valence-electron chi connectivity index (χ0n) is 7.36. The second kappa shape index (κ2) is 4.81. The molecule has 1 aliphatic rings. The maximum absolute atomic E-state index is 11.2. The fourth-order valence-electron chi connectivity index (χ4n) is 1.13. The van der Waals surface area contributed by atoms with Crippen LogP contribution < -0.4 is 0 Å². The van der Waals surface area contributed by atoms with E-state index in [4.69, 9.17) is 9.94 Å². The number of carboxylic acids is 1. The van der Waals surface area contributed by atoms with Crippen LogP contribution in [0, 0.1) is 0 Å². The molecule has 0 aromatic rings. The number of hydrogen-bond acceptors (Lipinski definition) is 3. The number of nitrogens with zero attached hydrogens (tertiary/aromatic N) is 1. The SMILES string of the molecule is O=C(O)CCC(=O)N1CCCCO1. The molecule has 0 aromatic heterocycles. The van der Waals surface area contributed by atoms with Crippen molar-refractivity contribution in [1.29, 1.82) is 0 Å². The molecule has 0 unspecified atom stereocenters. The number of rotatable bonds is 3. The van der Waals surface area contributed by atoms with Gasteiger partial charge in [0.05, 0.1) is 13.0 Å². The van der Waals surface area contributed by atoms with Gasteiger partial charge >= 0.3 is 5.97 Å². The van der Waals surface area contributed by atoms with Crippen LogP contribution in [0.5, 0.6) is 0 Å². The summed E-state index contributed by atoms with van der Waals surface area (Å²) in [4.78, 5) is 26.5. The molecule has 0 spiro atoms. The molecule has 13 heavy (non-hydrogen) atoms. The Bertz CT molecular complexity index is 198. The lowest BCUT2D eigenvalue weighted by Gasteiger charge is -2.25. The van der Waals surface area contributed by atoms with Crippen molar-refractivity contribution in [2.45, 2.75) is 25.7 Å². The fourth-order valence-corrected chi connectivity index (χ4v) is 1.13. The van der Waals surface area contributed by atoms with Crippen molar-refractivity contribution < 1.29 is 19.5 Å². The molecule has 1 saturated heterocycles. The van der Waals surface area contributed by atoms with Gasteiger partial charge in [0.15, 0.2) is 0 Å². The normalized spacial score (nSPS) is 17.1. The Hall–Kier alpha value is -1.10. The number of hydrogen-bond donors (Lipinski definition) is 1. The number of carbonyl (C=O) groups excluding carboxylic acids is 1. The van der Waals surface area contributed by atoms with Crippen molar-refractivity contribution in [3.63, 3.8) is 0 Å². The Balaban J connectivity index is 2.25. The molecule has 0 aromatic carbocycles. The van der Waals surface area contributed by atoms with Crippen LogP contribution in [0.4, 0.5) is 0 Å². The third kappa shape index (κ3) is 3.42. The summed E-state index contributed by atoms with van der Waals surface area (Å²) in [5.41, 5.74) is 0. The van der Waals surface area contributed by atoms with Crippen LogP contribution in [0.25, 0.3) is 0 Å². The topological polar surface area (TPSA) is 66.8 Å². The minimum atomic E-state index is -0.953. The first-order valence-corrected chi connectivity index (χ1v) is 4.35. The van der Waals surface area contributed by atoms with Crippen LogP contribution >= 0.6 is 0 Å². The Labute approximate surface area is 76.2 Å². The van der Waals surface area contributed by atoms with Crippen LogP contribution in [0.2, 0.25) is 0 Å². The first-order valence-electron chi connectivity index (χ1n) is 4.35. The lowest BCUT2D eigenvalue weighted by atomic mass is 10.2. The van der Waals surface area contributed by atoms with E-state index in [2.05, 4.69) is 0 Å². The molecule has 1 rings (SSSR count). The molecule has 0 atom stereocenters. The van der Waals surface area contributed by atoms with Crippen LogP contribution in [-0.2, 0) is 14.4 Å². The number of hydroxylamine groups is 2. The fraction of sp³-hybridized carbons (Fsp3) is 0.750. The summed E-state index contributed by atoms with van der Waals surface area (Å²) >= 11 is 0. The van der Waals surface area contributed by atoms with Gasteiger partial charge in [-0.1, -0.05) is 0 Å². The summed E-state index contributed by atoms with van der Waals surface area (Å²) in [5, 5.41) is 9.62. The van der Waals surface area contributed by atoms with E-state index in [1.54, 1.807) is 0 Å². The maximum Gasteiger partial charge on any atom is 0.303 e. The third-order valence-electron chi connectivity index (χ3n) is 1.83. The molecule has 5 heteroatoms. The second-order valence-corrected chi connectivity index (χ2v) is 2.93. The summed E-state index contributed by atoms with van der Waals surface area (Å²) in [6.45, 7) is 1.14. The van der Waals surface area contributed by atoms with Crippen LogP contribution in [0.15, 0.2) is 0 Å². The molecule has 0 radical (unpaired) electrons. The van der Waals surface area contributed by atoms with Crippen molar-refractivity contribution in [3.8, 4) is 0 Å². The highest BCUT2D eigenvalue weighted by Gasteiger charge is 2.17. The van der Waals surface area contributed by atoms with Crippen LogP contribution in [-0.4, -0.2) is 35.2 Å². The number of amides is 1. The predicted octanol–water partition coefficient (Wildman–Crippen LogP) is 0.405. The van der Waals surface area contributed by atoms with Gasteiger partial charge in [0.25, 0.3) is 0 Å². The summed E-state index contributed by atoms with van der Waals surface area (Å²) in [7, 11) is 0. The lowest BCUT2D eigenvalue weighted by Crippen LogP contribution is -2.35. The Morgan fingerprint density at radius 3 is 2.62 bits per heavy atom. The number of aliphatic carboxylic acids is 1. The predicted molar refractivity (Wildman–Crippen MR) is 43.8 cm³/mol. The van der Waals surface area contributed by atoms with Gasteiger partial charge in [0, 0.05) is 13.0 Å². The zero-order chi connectivity index (χ0) is 9.68. The molecule has 74 valence electrons. The molecule has 1 fully saturated rings. The smallest absolute Gasteiger partial charge is 0.303 e. The minimum absolute atomic E-state index is 0.0231. The van der Waals surface area contributed by atoms with E-state index in [1.807, 2.05) is 0 Å². The molecule has 0 aliphatic carbocycles. The van der Waals surface area contributed by atoms with E-state index in [0.29, 0.717) is 13.2 Å². The van der Waals surface area contributed by atoms with E-state index in [1.165, 1.54) is 5.06 Å². The summed E-state index contributed by atoms with van der Waals surface area (Å²) in [6, 6.07) is 0. The summed E-state index contributed by atoms with van der Waals surface area (Å²) < 4.78 is 0. The maximum atomic E-state index is 11.2. The van der Waals surface area contributed by atoms with E-state index in [-0.39, 0.29) is 18.7 Å². The average molecular weight is 187 g/mol. The van der Waals surface area contributed by atoms with Crippen molar-refractivity contribution >= 4 is 11.9 Å². The Morgan fingerprint density at radius 1 is 1.31 bits per heavy atom. The molecule has 1 amide bonds. The Kier molecular flexibility index (Phi) is 3.70. The Morgan fingerprint density at radius 2 is 2.08 bits per heavy atom. The molecule has 5 nitrogen and oxygen atoms in total. The van der Waals surface area contributed by atoms with Crippen molar-refractivity contribution in [2.75, 3.05) is 13.2 Å². The summed E-state index contributed by atoms with van der Waals surface area (Å²) in [5.74, 6) is -1.19. The summed E-state index contributed by atoms with van der Waals surface area (Å²) in [6.07, 6.45) is 1.79. The van der Waals surface area contributed by atoms with Gasteiger partial charge < -0.3 is 5.11 Å². The molecular weight excluding hydrogens is 174 g/mol. The lowest BCUT2D eigenvalue weighted by molar-refractivity contribution is -0.197. The second-order valence-electron chi connectivity index (χ2n) is 2.93. The minimum Gasteiger partial charge on any atom is -0.481 e. The highest BCUT2D eigenvalue weighted by Crippen LogP contribution is 2.08. The van der Waals surface area contributed by atoms with Gasteiger partial charge in [-0.25, -0.2) is 5.06 Å². The van der Waals surface area contributed by atoms with Crippen LogP contribution in [0.3, 0.4) is 0 Å². The van der Waals surface area contributed by atoms with Gasteiger partial charge in [-0.05, 0) is 12.8 Å². The van der Waals surface area contributed by atoms with Gasteiger partial charge in [-0.2, -0.15) is 0 Å². The van der Waals surface area contributed by atoms with Gasteiger partial charge in [-0.15, -0.1) is 0 Å². The van der Waals surface area contributed by atoms with E-state index in [9.17, 15) is 9.59 Å². The first kappa shape index (κ1) is 9.98. The molecule has 0 saturated carbocycles. The largest absolute Gasteiger partial charge is 0.481 e. The van der Waals surface area contributed by atoms with Gasteiger partial charge in [0.1, 0.15) is 0 Å². The van der Waals surface area contributed by atoms with Crippen molar-refractivity contribution in [2.24, 2.45) is 0 Å². The third-order valence-corrected chi connectivity index (χ3v) is 1.83. The molecule has 1 N–H and O–H groups in total. The number of carboxylic acid groups (broad SMARTS) is 1. The van der Waals surface area contributed by atoms with Gasteiger partial charge in [0.2, 0.25) is 5.91 Å². The monoisotopic (exact) mass is 187 g/mol. The first-order chi connectivity index (χ1) is 6.20. The van der Waals surface area contributed by atoms with Crippen molar-refractivity contribution in [1.82, 2.24) is 5.06 Å². The van der Waals surface area contributed by atoms with Crippen LogP contribution in [0.1, 0.15) is 25.7 Å². The average Bonchev–Trinajstić information content (AvgIpc) is 2.15. The van der Waals surface area contributed by atoms with E-state index >= 15 is 0 Å². The molecule has 1 aliphatic heterocycles. The highest BCUT2D eigenvalue weighted by molar-refractivity contribution is 5.79. The van der Waals surface area contributed by atoms with Crippen molar-refractivity contribution in [3.05, 3.63) is 0 Å². The zero-order valence-corrected chi connectivity index (χ0v) is 7.36. The van der Waals surface area contributed by atoms with E-state index < -0.39 is 5.97 Å². The highest BCUT2D eigenvalue weighted by atomic mass is 16.7. The van der Waals surface area contributed by atoms with Gasteiger partial charge in [-0.3, -0.25) is 14.4 Å². The molecule has 0 bridgehead atoms.